The van der Waals surface area contributed by atoms with Crippen LogP contribution in [-0.2, 0) is 4.79 Å². The van der Waals surface area contributed by atoms with Crippen LogP contribution >= 0.6 is 0 Å². The molecule has 1 unspecified atom stereocenters. The van der Waals surface area contributed by atoms with Gasteiger partial charge in [-0.15, -0.1) is 0 Å². The number of fused-ring (bicyclic) bond motifs is 1. The second kappa shape index (κ2) is 8.33. The molecule has 0 saturated carbocycles. The maximum absolute atomic E-state index is 13.1. The molecule has 0 saturated heterocycles. The predicted octanol–water partition coefficient (Wildman–Crippen LogP) is 4.38. The van der Waals surface area contributed by atoms with E-state index in [0.29, 0.717) is 11.1 Å². The lowest BCUT2D eigenvalue weighted by atomic mass is 10.0. The molecule has 0 aliphatic carbocycles. The average Bonchev–Trinajstić information content (AvgIpc) is 2.94. The van der Waals surface area contributed by atoms with Crippen LogP contribution in [0.5, 0.6) is 11.5 Å². The molecule has 31 heavy (non-hydrogen) atoms. The number of carbonyl (C=O) groups is 1. The van der Waals surface area contributed by atoms with Crippen molar-refractivity contribution >= 4 is 17.8 Å². The first kappa shape index (κ1) is 20.2. The summed E-state index contributed by atoms with van der Waals surface area (Å²) in [6, 6.07) is 19.9. The van der Waals surface area contributed by atoms with Crippen LogP contribution in [0.4, 0.5) is 5.69 Å². The van der Waals surface area contributed by atoms with Gasteiger partial charge < -0.3 is 14.4 Å². The number of carbonyl (C=O) groups excluding carboxylic acids is 1. The van der Waals surface area contributed by atoms with Gasteiger partial charge in [-0.2, -0.15) is 5.26 Å². The van der Waals surface area contributed by atoms with Crippen molar-refractivity contribution in [3.63, 3.8) is 0 Å². The number of hydrogen-bond donors (Lipinski definition) is 0. The van der Waals surface area contributed by atoms with Gasteiger partial charge in [-0.1, -0.05) is 18.2 Å². The zero-order valence-corrected chi connectivity index (χ0v) is 17.5. The van der Waals surface area contributed by atoms with E-state index >= 15 is 0 Å². The van der Waals surface area contributed by atoms with Crippen molar-refractivity contribution < 1.29 is 14.3 Å². The lowest BCUT2D eigenvalue weighted by Gasteiger charge is -2.21. The molecule has 4 rings (SSSR count). The number of benzodiazepines with no additional fused rings is 1. The van der Waals surface area contributed by atoms with E-state index in [-0.39, 0.29) is 5.91 Å². The number of benzene rings is 3. The maximum Gasteiger partial charge on any atom is 0.256 e. The minimum atomic E-state index is -0.708. The first-order valence-corrected chi connectivity index (χ1v) is 9.73. The molecule has 3 aromatic rings. The molecule has 0 fully saturated rings. The summed E-state index contributed by atoms with van der Waals surface area (Å²) < 4.78 is 10.9. The zero-order chi connectivity index (χ0) is 22.0. The number of nitrogens with zero attached hydrogens (tertiary/aromatic N) is 3. The Hall–Kier alpha value is -4.11. The van der Waals surface area contributed by atoms with E-state index in [1.807, 2.05) is 42.5 Å². The highest BCUT2D eigenvalue weighted by atomic mass is 16.5. The summed E-state index contributed by atoms with van der Waals surface area (Å²) in [6.45, 7) is 0. The Morgan fingerprint density at radius 2 is 1.87 bits per heavy atom. The van der Waals surface area contributed by atoms with Crippen LogP contribution in [-0.4, -0.2) is 33.4 Å². The quantitative estimate of drug-likeness (QED) is 0.639. The topological polar surface area (TPSA) is 74.9 Å². The van der Waals surface area contributed by atoms with Gasteiger partial charge in [0.15, 0.2) is 6.04 Å². The summed E-state index contributed by atoms with van der Waals surface area (Å²) in [5.74, 6) is 1.29. The Bertz CT molecular complexity index is 1230. The molecule has 154 valence electrons. The number of aliphatic imine (C=N–C) groups is 1. The standard InChI is InChI=1S/C25H21N3O3/c1-28-22-9-7-17(21-13-20(30-2)8-10-23(21)31-3)12-19(22)15-27-24(25(28)29)18-6-4-5-16(11-18)14-26/h4-13,15,24H,1-3H3. The molecule has 1 aliphatic rings. The Kier molecular flexibility index (Phi) is 5.42. The van der Waals surface area contributed by atoms with Crippen molar-refractivity contribution in [1.29, 1.82) is 5.26 Å². The van der Waals surface area contributed by atoms with Crippen LogP contribution in [0.2, 0.25) is 0 Å². The number of nitriles is 1. The number of hydrogen-bond acceptors (Lipinski definition) is 5. The first-order valence-electron chi connectivity index (χ1n) is 9.73. The second-order valence-electron chi connectivity index (χ2n) is 7.16. The third-order valence-corrected chi connectivity index (χ3v) is 5.37. The number of rotatable bonds is 4. The van der Waals surface area contributed by atoms with Gasteiger partial charge in [0.25, 0.3) is 5.91 Å². The molecule has 0 N–H and O–H groups in total. The van der Waals surface area contributed by atoms with Crippen LogP contribution in [0.15, 0.2) is 65.7 Å². The molecular formula is C25H21N3O3. The normalized spacial score (nSPS) is 15.1. The van der Waals surface area contributed by atoms with Crippen molar-refractivity contribution in [2.75, 3.05) is 26.2 Å². The molecule has 0 bridgehead atoms. The second-order valence-corrected chi connectivity index (χ2v) is 7.16. The molecule has 1 aliphatic heterocycles. The Labute approximate surface area is 181 Å². The number of ether oxygens (including phenoxy) is 2. The van der Waals surface area contributed by atoms with Gasteiger partial charge in [0, 0.05) is 24.4 Å². The highest BCUT2D eigenvalue weighted by Gasteiger charge is 2.28. The largest absolute Gasteiger partial charge is 0.497 e. The summed E-state index contributed by atoms with van der Waals surface area (Å²) in [4.78, 5) is 19.3. The highest BCUT2D eigenvalue weighted by molar-refractivity contribution is 6.06. The summed E-state index contributed by atoms with van der Waals surface area (Å²) >= 11 is 0. The molecule has 1 heterocycles. The Morgan fingerprint density at radius 1 is 1.03 bits per heavy atom. The number of anilines is 1. The van der Waals surface area contributed by atoms with Crippen LogP contribution in [0.25, 0.3) is 11.1 Å². The molecular weight excluding hydrogens is 390 g/mol. The molecule has 0 spiro atoms. The molecule has 1 amide bonds. The van der Waals surface area contributed by atoms with E-state index in [1.165, 1.54) is 0 Å². The average molecular weight is 411 g/mol. The van der Waals surface area contributed by atoms with Crippen LogP contribution in [0, 0.1) is 11.3 Å². The summed E-state index contributed by atoms with van der Waals surface area (Å²) in [5.41, 5.74) is 4.57. The van der Waals surface area contributed by atoms with E-state index in [2.05, 4.69) is 11.1 Å². The fraction of sp³-hybridized carbons (Fsp3) is 0.160. The lowest BCUT2D eigenvalue weighted by Crippen LogP contribution is -2.30. The monoisotopic (exact) mass is 411 g/mol. The van der Waals surface area contributed by atoms with Crippen molar-refractivity contribution in [3.8, 4) is 28.7 Å². The van der Waals surface area contributed by atoms with Crippen LogP contribution < -0.4 is 14.4 Å². The molecule has 1 atom stereocenters. The zero-order valence-electron chi connectivity index (χ0n) is 17.5. The highest BCUT2D eigenvalue weighted by Crippen LogP contribution is 2.37. The Morgan fingerprint density at radius 3 is 2.61 bits per heavy atom. The third-order valence-electron chi connectivity index (χ3n) is 5.37. The molecule has 3 aromatic carbocycles. The van der Waals surface area contributed by atoms with Gasteiger partial charge in [0.1, 0.15) is 11.5 Å². The summed E-state index contributed by atoms with van der Waals surface area (Å²) in [6.07, 6.45) is 1.72. The van der Waals surface area contributed by atoms with Crippen molar-refractivity contribution in [1.82, 2.24) is 0 Å². The molecule has 6 heteroatoms. The summed E-state index contributed by atoms with van der Waals surface area (Å²) in [5, 5.41) is 9.19. The van der Waals surface area contributed by atoms with Crippen molar-refractivity contribution in [3.05, 3.63) is 77.4 Å². The van der Waals surface area contributed by atoms with Gasteiger partial charge >= 0.3 is 0 Å². The predicted molar refractivity (Wildman–Crippen MR) is 120 cm³/mol. The van der Waals surface area contributed by atoms with E-state index in [0.717, 1.165) is 33.9 Å². The lowest BCUT2D eigenvalue weighted by molar-refractivity contribution is -0.119. The van der Waals surface area contributed by atoms with Crippen LogP contribution in [0.1, 0.15) is 22.7 Å². The van der Waals surface area contributed by atoms with Crippen molar-refractivity contribution in [2.24, 2.45) is 4.99 Å². The number of methoxy groups -OCH3 is 2. The SMILES string of the molecule is COc1ccc(OC)c(-c2ccc3c(c2)C=NC(c2cccc(C#N)c2)C(=O)N3C)c1. The summed E-state index contributed by atoms with van der Waals surface area (Å²) in [7, 11) is 4.99. The number of likely N-dealkylation sites (N-methyl/N-ethyl adjacent to an activating group) is 1. The molecule has 0 radical (unpaired) electrons. The van der Waals surface area contributed by atoms with Gasteiger partial charge in [-0.05, 0) is 53.6 Å². The van der Waals surface area contributed by atoms with Crippen LogP contribution in [0.3, 0.4) is 0 Å². The van der Waals surface area contributed by atoms with Gasteiger partial charge in [0.2, 0.25) is 0 Å². The van der Waals surface area contributed by atoms with E-state index in [9.17, 15) is 10.1 Å². The van der Waals surface area contributed by atoms with E-state index < -0.39 is 6.04 Å². The Balaban J connectivity index is 1.78. The molecule has 6 nitrogen and oxygen atoms in total. The number of amides is 1. The fourth-order valence-electron chi connectivity index (χ4n) is 3.70. The maximum atomic E-state index is 13.1. The van der Waals surface area contributed by atoms with Gasteiger partial charge in [-0.3, -0.25) is 9.79 Å². The smallest absolute Gasteiger partial charge is 0.256 e. The minimum absolute atomic E-state index is 0.156. The minimum Gasteiger partial charge on any atom is -0.497 e. The first-order chi connectivity index (χ1) is 15.0. The fourth-order valence-corrected chi connectivity index (χ4v) is 3.70. The van der Waals surface area contributed by atoms with E-state index in [1.54, 1.807) is 50.6 Å². The molecule has 0 aromatic heterocycles. The van der Waals surface area contributed by atoms with E-state index in [4.69, 9.17) is 9.47 Å². The van der Waals surface area contributed by atoms with Gasteiger partial charge in [0.05, 0.1) is 31.5 Å². The van der Waals surface area contributed by atoms with Gasteiger partial charge in [-0.25, -0.2) is 0 Å². The van der Waals surface area contributed by atoms with Crippen molar-refractivity contribution in [2.45, 2.75) is 6.04 Å². The third kappa shape index (κ3) is 3.74.